The van der Waals surface area contributed by atoms with E-state index in [4.69, 9.17) is 18.0 Å². The summed E-state index contributed by atoms with van der Waals surface area (Å²) in [5.41, 5.74) is 8.28. The summed E-state index contributed by atoms with van der Waals surface area (Å²) in [6.45, 7) is 1.84. The number of hydrogen-bond acceptors (Lipinski definition) is 3. The Morgan fingerprint density at radius 3 is 2.79 bits per heavy atom. The molecule has 1 aromatic heterocycles. The van der Waals surface area contributed by atoms with Crippen LogP contribution in [0.4, 0.5) is 5.69 Å². The number of nitrogens with zero attached hydrogens (tertiary/aromatic N) is 2. The van der Waals surface area contributed by atoms with E-state index in [-0.39, 0.29) is 5.91 Å². The first-order valence-corrected chi connectivity index (χ1v) is 6.09. The van der Waals surface area contributed by atoms with Crippen molar-refractivity contribution < 1.29 is 4.79 Å². The van der Waals surface area contributed by atoms with Crippen LogP contribution in [-0.4, -0.2) is 20.7 Å². The SMILES string of the molecule is Cc1c(C(=O)Nc2cccc(C(N)=S)c2)cnn1C. The minimum Gasteiger partial charge on any atom is -0.389 e. The number of carbonyl (C=O) groups is 1. The minimum atomic E-state index is -0.203. The predicted molar refractivity (Wildman–Crippen MR) is 78.2 cm³/mol. The molecule has 2 aromatic rings. The summed E-state index contributed by atoms with van der Waals surface area (Å²) in [7, 11) is 1.79. The van der Waals surface area contributed by atoms with Gasteiger partial charge in [-0.25, -0.2) is 0 Å². The number of rotatable bonds is 3. The molecule has 98 valence electrons. The molecule has 0 atom stereocenters. The fourth-order valence-electron chi connectivity index (χ4n) is 1.67. The Labute approximate surface area is 116 Å². The number of hydrogen-bond donors (Lipinski definition) is 2. The third-order valence-corrected chi connectivity index (χ3v) is 3.12. The van der Waals surface area contributed by atoms with Crippen molar-refractivity contribution in [2.75, 3.05) is 5.32 Å². The van der Waals surface area contributed by atoms with Crippen LogP contribution in [0, 0.1) is 6.92 Å². The number of aromatic nitrogens is 2. The van der Waals surface area contributed by atoms with Crippen LogP contribution in [0.2, 0.25) is 0 Å². The van der Waals surface area contributed by atoms with Gasteiger partial charge in [0.25, 0.3) is 5.91 Å². The van der Waals surface area contributed by atoms with E-state index in [0.717, 1.165) is 11.3 Å². The smallest absolute Gasteiger partial charge is 0.259 e. The maximum absolute atomic E-state index is 12.1. The van der Waals surface area contributed by atoms with Crippen LogP contribution in [-0.2, 0) is 7.05 Å². The Morgan fingerprint density at radius 1 is 1.47 bits per heavy atom. The number of nitrogens with two attached hydrogens (primary N) is 1. The van der Waals surface area contributed by atoms with Crippen LogP contribution in [0.15, 0.2) is 30.5 Å². The van der Waals surface area contributed by atoms with E-state index in [0.29, 0.717) is 16.2 Å². The van der Waals surface area contributed by atoms with Crippen molar-refractivity contribution >= 4 is 28.8 Å². The third-order valence-electron chi connectivity index (χ3n) is 2.88. The van der Waals surface area contributed by atoms with Gasteiger partial charge in [0.1, 0.15) is 4.99 Å². The first-order valence-electron chi connectivity index (χ1n) is 5.69. The first-order chi connectivity index (χ1) is 8.99. The lowest BCUT2D eigenvalue weighted by Gasteiger charge is -2.06. The molecular formula is C13H14N4OS. The molecule has 0 unspecified atom stereocenters. The molecule has 0 radical (unpaired) electrons. The number of anilines is 1. The fraction of sp³-hybridized carbons (Fsp3) is 0.154. The van der Waals surface area contributed by atoms with Crippen LogP contribution in [0.5, 0.6) is 0 Å². The molecule has 0 aliphatic heterocycles. The van der Waals surface area contributed by atoms with E-state index in [1.54, 1.807) is 42.2 Å². The summed E-state index contributed by atoms with van der Waals surface area (Å²) < 4.78 is 1.65. The molecular weight excluding hydrogens is 260 g/mol. The largest absolute Gasteiger partial charge is 0.389 e. The van der Waals surface area contributed by atoms with Crippen LogP contribution in [0.3, 0.4) is 0 Å². The Hall–Kier alpha value is -2.21. The lowest BCUT2D eigenvalue weighted by molar-refractivity contribution is 0.102. The minimum absolute atomic E-state index is 0.203. The van der Waals surface area contributed by atoms with Crippen LogP contribution >= 0.6 is 12.2 Å². The van der Waals surface area contributed by atoms with E-state index in [1.165, 1.54) is 0 Å². The summed E-state index contributed by atoms with van der Waals surface area (Å²) >= 11 is 4.90. The van der Waals surface area contributed by atoms with Crippen molar-refractivity contribution in [3.05, 3.63) is 47.3 Å². The zero-order chi connectivity index (χ0) is 14.0. The molecule has 1 heterocycles. The van der Waals surface area contributed by atoms with Gasteiger partial charge in [0.2, 0.25) is 0 Å². The molecule has 0 aliphatic rings. The quantitative estimate of drug-likeness (QED) is 0.834. The maximum Gasteiger partial charge on any atom is 0.259 e. The average Bonchev–Trinajstić information content (AvgIpc) is 2.70. The summed E-state index contributed by atoms with van der Waals surface area (Å²) in [6.07, 6.45) is 1.54. The number of benzene rings is 1. The van der Waals surface area contributed by atoms with Gasteiger partial charge in [0, 0.05) is 24.0 Å². The van der Waals surface area contributed by atoms with Gasteiger partial charge in [-0.3, -0.25) is 9.48 Å². The molecule has 0 saturated heterocycles. The van der Waals surface area contributed by atoms with E-state index < -0.39 is 0 Å². The Balaban J connectivity index is 2.22. The van der Waals surface area contributed by atoms with Crippen molar-refractivity contribution in [3.63, 3.8) is 0 Å². The van der Waals surface area contributed by atoms with Gasteiger partial charge in [-0.15, -0.1) is 0 Å². The molecule has 0 saturated carbocycles. The second kappa shape index (κ2) is 5.19. The van der Waals surface area contributed by atoms with Crippen LogP contribution < -0.4 is 11.1 Å². The van der Waals surface area contributed by atoms with E-state index in [9.17, 15) is 4.79 Å². The second-order valence-electron chi connectivity index (χ2n) is 4.17. The van der Waals surface area contributed by atoms with Crippen molar-refractivity contribution in [1.29, 1.82) is 0 Å². The molecule has 1 amide bonds. The molecule has 19 heavy (non-hydrogen) atoms. The normalized spacial score (nSPS) is 10.2. The van der Waals surface area contributed by atoms with Gasteiger partial charge in [-0.05, 0) is 19.1 Å². The molecule has 2 rings (SSSR count). The van der Waals surface area contributed by atoms with Gasteiger partial charge in [0.05, 0.1) is 11.8 Å². The third kappa shape index (κ3) is 2.79. The molecule has 0 fully saturated rings. The van der Waals surface area contributed by atoms with Gasteiger partial charge >= 0.3 is 0 Å². The zero-order valence-electron chi connectivity index (χ0n) is 10.7. The Kier molecular flexibility index (Phi) is 3.62. The standard InChI is InChI=1S/C13H14N4OS/c1-8-11(7-15-17(8)2)13(18)16-10-5-3-4-9(6-10)12(14)19/h3-7H,1-2H3,(H2,14,19)(H,16,18). The highest BCUT2D eigenvalue weighted by Crippen LogP contribution is 2.13. The lowest BCUT2D eigenvalue weighted by atomic mass is 10.2. The molecule has 3 N–H and O–H groups in total. The number of aryl methyl sites for hydroxylation is 1. The van der Waals surface area contributed by atoms with Crippen molar-refractivity contribution in [2.45, 2.75) is 6.92 Å². The maximum atomic E-state index is 12.1. The Bertz CT molecular complexity index is 648. The van der Waals surface area contributed by atoms with Gasteiger partial charge in [-0.2, -0.15) is 5.10 Å². The second-order valence-corrected chi connectivity index (χ2v) is 4.61. The predicted octanol–water partition coefficient (Wildman–Crippen LogP) is 1.62. The van der Waals surface area contributed by atoms with Crippen molar-refractivity contribution in [2.24, 2.45) is 12.8 Å². The summed E-state index contributed by atoms with van der Waals surface area (Å²) in [6, 6.07) is 7.12. The number of carbonyl (C=O) groups excluding carboxylic acids is 1. The van der Waals surface area contributed by atoms with Gasteiger partial charge < -0.3 is 11.1 Å². The average molecular weight is 274 g/mol. The monoisotopic (exact) mass is 274 g/mol. The van der Waals surface area contributed by atoms with Crippen molar-refractivity contribution in [1.82, 2.24) is 9.78 Å². The highest BCUT2D eigenvalue weighted by molar-refractivity contribution is 7.80. The Morgan fingerprint density at radius 2 is 2.21 bits per heavy atom. The van der Waals surface area contributed by atoms with Crippen molar-refractivity contribution in [3.8, 4) is 0 Å². The molecule has 0 aliphatic carbocycles. The number of amides is 1. The number of nitrogens with one attached hydrogen (secondary N) is 1. The molecule has 0 spiro atoms. The topological polar surface area (TPSA) is 72.9 Å². The van der Waals surface area contributed by atoms with Crippen LogP contribution in [0.1, 0.15) is 21.6 Å². The highest BCUT2D eigenvalue weighted by atomic mass is 32.1. The first kappa shape index (κ1) is 13.2. The van der Waals surface area contributed by atoms with Gasteiger partial charge in [-0.1, -0.05) is 24.4 Å². The van der Waals surface area contributed by atoms with E-state index in [2.05, 4.69) is 10.4 Å². The molecule has 6 heteroatoms. The highest BCUT2D eigenvalue weighted by Gasteiger charge is 2.13. The molecule has 1 aromatic carbocycles. The summed E-state index contributed by atoms with van der Waals surface area (Å²) in [5.74, 6) is -0.203. The summed E-state index contributed by atoms with van der Waals surface area (Å²) in [5, 5.41) is 6.84. The lowest BCUT2D eigenvalue weighted by Crippen LogP contribution is -2.14. The summed E-state index contributed by atoms with van der Waals surface area (Å²) in [4.78, 5) is 12.4. The zero-order valence-corrected chi connectivity index (χ0v) is 11.5. The molecule has 0 bridgehead atoms. The van der Waals surface area contributed by atoms with E-state index >= 15 is 0 Å². The van der Waals surface area contributed by atoms with E-state index in [1.807, 2.05) is 6.92 Å². The number of thiocarbonyl (C=S) groups is 1. The van der Waals surface area contributed by atoms with Crippen LogP contribution in [0.25, 0.3) is 0 Å². The fourth-order valence-corrected chi connectivity index (χ4v) is 1.80. The van der Waals surface area contributed by atoms with Gasteiger partial charge in [0.15, 0.2) is 0 Å². The molecule has 5 nitrogen and oxygen atoms in total.